The van der Waals surface area contributed by atoms with Crippen LogP contribution in [0.4, 0.5) is 0 Å². The minimum atomic E-state index is -0.447. The monoisotopic (exact) mass is 227 g/mol. The van der Waals surface area contributed by atoms with Gasteiger partial charge in [0.15, 0.2) is 0 Å². The van der Waals surface area contributed by atoms with Crippen LogP contribution in [0.3, 0.4) is 0 Å². The average Bonchev–Trinajstić information content (AvgIpc) is 2.26. The molecule has 1 aliphatic rings. The maximum atomic E-state index is 11.9. The summed E-state index contributed by atoms with van der Waals surface area (Å²) in [7, 11) is 0. The van der Waals surface area contributed by atoms with Gasteiger partial charge >= 0.3 is 0 Å². The molecule has 0 radical (unpaired) electrons. The zero-order valence-electron chi connectivity index (χ0n) is 9.87. The summed E-state index contributed by atoms with van der Waals surface area (Å²) in [5, 5.41) is 3.28. The molecule has 92 valence electrons. The lowest BCUT2D eigenvalue weighted by Gasteiger charge is -2.25. The number of amides is 2. The second-order valence-corrected chi connectivity index (χ2v) is 4.29. The van der Waals surface area contributed by atoms with Crippen LogP contribution in [0, 0.1) is 5.92 Å². The van der Waals surface area contributed by atoms with Crippen LogP contribution >= 0.6 is 0 Å². The number of nitrogens with one attached hydrogen (secondary N) is 1. The molecule has 1 rings (SSSR count). The molecule has 1 aliphatic heterocycles. The normalized spacial score (nSPS) is 20.4. The highest BCUT2D eigenvalue weighted by atomic mass is 16.2. The molecule has 0 spiro atoms. The minimum absolute atomic E-state index is 0.0370. The van der Waals surface area contributed by atoms with Crippen molar-refractivity contribution in [2.75, 3.05) is 26.2 Å². The number of hydrogen-bond donors (Lipinski definition) is 2. The van der Waals surface area contributed by atoms with E-state index < -0.39 is 5.91 Å². The standard InChI is InChI=1S/C11H21N3O2/c1-2-14(8-10(12)15)11(16)6-9-4-3-5-13-7-9/h9,13H,2-8H2,1H3,(H2,12,15). The number of nitrogens with zero attached hydrogens (tertiary/aromatic N) is 1. The predicted octanol–water partition coefficient (Wildman–Crippen LogP) is -0.290. The SMILES string of the molecule is CCN(CC(N)=O)C(=O)CC1CCCNC1. The molecule has 0 bridgehead atoms. The molecule has 1 fully saturated rings. The van der Waals surface area contributed by atoms with Crippen molar-refractivity contribution in [1.29, 1.82) is 0 Å². The van der Waals surface area contributed by atoms with Gasteiger partial charge in [0.2, 0.25) is 11.8 Å². The smallest absolute Gasteiger partial charge is 0.237 e. The highest BCUT2D eigenvalue weighted by molar-refractivity contribution is 5.83. The van der Waals surface area contributed by atoms with Crippen molar-refractivity contribution >= 4 is 11.8 Å². The van der Waals surface area contributed by atoms with E-state index in [2.05, 4.69) is 5.32 Å². The molecule has 1 saturated heterocycles. The fourth-order valence-electron chi connectivity index (χ4n) is 2.04. The number of piperidine rings is 1. The molecule has 0 aliphatic carbocycles. The first-order valence-corrected chi connectivity index (χ1v) is 5.90. The van der Waals surface area contributed by atoms with Gasteiger partial charge in [-0.05, 0) is 38.8 Å². The van der Waals surface area contributed by atoms with E-state index in [1.807, 2.05) is 6.92 Å². The Bertz CT molecular complexity index is 250. The van der Waals surface area contributed by atoms with Gasteiger partial charge in [0.1, 0.15) is 0 Å². The molecular weight excluding hydrogens is 206 g/mol. The fraction of sp³-hybridized carbons (Fsp3) is 0.818. The van der Waals surface area contributed by atoms with E-state index in [-0.39, 0.29) is 12.5 Å². The van der Waals surface area contributed by atoms with E-state index in [0.717, 1.165) is 25.9 Å². The summed E-state index contributed by atoms with van der Waals surface area (Å²) in [6.45, 7) is 4.39. The van der Waals surface area contributed by atoms with Gasteiger partial charge in [-0.15, -0.1) is 0 Å². The van der Waals surface area contributed by atoms with Gasteiger partial charge < -0.3 is 16.0 Å². The molecule has 0 aromatic rings. The first-order chi connectivity index (χ1) is 7.63. The summed E-state index contributed by atoms with van der Waals surface area (Å²) in [5.74, 6) is -0.00449. The molecule has 1 heterocycles. The molecule has 3 N–H and O–H groups in total. The van der Waals surface area contributed by atoms with Crippen LogP contribution in [0.25, 0.3) is 0 Å². The molecule has 1 atom stereocenters. The predicted molar refractivity (Wildman–Crippen MR) is 61.7 cm³/mol. The molecule has 0 aromatic carbocycles. The number of likely N-dealkylation sites (N-methyl/N-ethyl adjacent to an activating group) is 1. The Labute approximate surface area is 96.4 Å². The summed E-state index contributed by atoms with van der Waals surface area (Å²) < 4.78 is 0. The van der Waals surface area contributed by atoms with Crippen molar-refractivity contribution in [2.24, 2.45) is 11.7 Å². The van der Waals surface area contributed by atoms with E-state index >= 15 is 0 Å². The van der Waals surface area contributed by atoms with Crippen molar-refractivity contribution in [1.82, 2.24) is 10.2 Å². The van der Waals surface area contributed by atoms with Gasteiger partial charge in [0, 0.05) is 13.0 Å². The maximum Gasteiger partial charge on any atom is 0.237 e. The summed E-state index contributed by atoms with van der Waals surface area (Å²) in [6.07, 6.45) is 2.74. The van der Waals surface area contributed by atoms with Gasteiger partial charge in [0.05, 0.1) is 6.54 Å². The number of hydrogen-bond acceptors (Lipinski definition) is 3. The molecule has 5 heteroatoms. The minimum Gasteiger partial charge on any atom is -0.368 e. The van der Waals surface area contributed by atoms with Crippen molar-refractivity contribution in [3.05, 3.63) is 0 Å². The van der Waals surface area contributed by atoms with Crippen LogP contribution in [0.5, 0.6) is 0 Å². The van der Waals surface area contributed by atoms with Crippen LogP contribution in [-0.4, -0.2) is 42.9 Å². The molecule has 16 heavy (non-hydrogen) atoms. The van der Waals surface area contributed by atoms with E-state index in [1.54, 1.807) is 0 Å². The number of carbonyl (C=O) groups is 2. The molecule has 0 saturated carbocycles. The molecule has 1 unspecified atom stereocenters. The first-order valence-electron chi connectivity index (χ1n) is 5.90. The highest BCUT2D eigenvalue weighted by Crippen LogP contribution is 2.15. The summed E-state index contributed by atoms with van der Waals surface area (Å²) >= 11 is 0. The number of rotatable bonds is 5. The number of primary amides is 1. The van der Waals surface area contributed by atoms with E-state index in [0.29, 0.717) is 18.9 Å². The van der Waals surface area contributed by atoms with Crippen molar-refractivity contribution in [3.8, 4) is 0 Å². The zero-order valence-corrected chi connectivity index (χ0v) is 9.87. The van der Waals surface area contributed by atoms with E-state index in [1.165, 1.54) is 4.90 Å². The fourth-order valence-corrected chi connectivity index (χ4v) is 2.04. The molecule has 2 amide bonds. The van der Waals surface area contributed by atoms with Crippen molar-refractivity contribution in [2.45, 2.75) is 26.2 Å². The third-order valence-corrected chi connectivity index (χ3v) is 2.94. The maximum absolute atomic E-state index is 11.9. The Morgan fingerprint density at radius 2 is 2.25 bits per heavy atom. The summed E-state index contributed by atoms with van der Waals surface area (Å²) in [5.41, 5.74) is 5.09. The van der Waals surface area contributed by atoms with Gasteiger partial charge in [-0.1, -0.05) is 0 Å². The van der Waals surface area contributed by atoms with Gasteiger partial charge in [-0.2, -0.15) is 0 Å². The molecule has 0 aromatic heterocycles. The topological polar surface area (TPSA) is 75.4 Å². The van der Waals surface area contributed by atoms with Crippen LogP contribution < -0.4 is 11.1 Å². The quantitative estimate of drug-likeness (QED) is 0.677. The average molecular weight is 227 g/mol. The number of nitrogens with two attached hydrogens (primary N) is 1. The van der Waals surface area contributed by atoms with E-state index in [4.69, 9.17) is 5.73 Å². The van der Waals surface area contributed by atoms with Gasteiger partial charge in [-0.25, -0.2) is 0 Å². The highest BCUT2D eigenvalue weighted by Gasteiger charge is 2.20. The van der Waals surface area contributed by atoms with Gasteiger partial charge in [-0.3, -0.25) is 9.59 Å². The van der Waals surface area contributed by atoms with Crippen LogP contribution in [0.1, 0.15) is 26.2 Å². The Morgan fingerprint density at radius 3 is 2.75 bits per heavy atom. The number of carbonyl (C=O) groups excluding carboxylic acids is 2. The lowest BCUT2D eigenvalue weighted by molar-refractivity contribution is -0.135. The third kappa shape index (κ3) is 4.18. The Morgan fingerprint density at radius 1 is 1.50 bits per heavy atom. The van der Waals surface area contributed by atoms with Crippen LogP contribution in [0.2, 0.25) is 0 Å². The van der Waals surface area contributed by atoms with Crippen molar-refractivity contribution < 1.29 is 9.59 Å². The zero-order chi connectivity index (χ0) is 12.0. The Hall–Kier alpha value is -1.10. The van der Waals surface area contributed by atoms with Crippen molar-refractivity contribution in [3.63, 3.8) is 0 Å². The Balaban J connectivity index is 2.38. The second kappa shape index (κ2) is 6.48. The van der Waals surface area contributed by atoms with E-state index in [9.17, 15) is 9.59 Å². The largest absolute Gasteiger partial charge is 0.368 e. The second-order valence-electron chi connectivity index (χ2n) is 4.29. The lowest BCUT2D eigenvalue weighted by atomic mass is 9.95. The molecule has 5 nitrogen and oxygen atoms in total. The molecular formula is C11H21N3O2. The lowest BCUT2D eigenvalue weighted by Crippen LogP contribution is -2.40. The third-order valence-electron chi connectivity index (χ3n) is 2.94. The summed E-state index contributed by atoms with van der Waals surface area (Å²) in [4.78, 5) is 24.2. The van der Waals surface area contributed by atoms with Crippen LogP contribution in [-0.2, 0) is 9.59 Å². The van der Waals surface area contributed by atoms with Gasteiger partial charge in [0.25, 0.3) is 0 Å². The summed E-state index contributed by atoms with van der Waals surface area (Å²) in [6, 6.07) is 0. The Kier molecular flexibility index (Phi) is 5.25. The van der Waals surface area contributed by atoms with Crippen LogP contribution in [0.15, 0.2) is 0 Å². The first kappa shape index (κ1) is 13.0.